The number of hydrogen-bond acceptors (Lipinski definition) is 2. The Kier molecular flexibility index (Phi) is 6.03. The van der Waals surface area contributed by atoms with E-state index in [4.69, 9.17) is 44.3 Å². The fraction of sp³-hybridized carbons (Fsp3) is 0.600. The van der Waals surface area contributed by atoms with Crippen molar-refractivity contribution in [1.29, 1.82) is 0 Å². The SMILES string of the molecule is C[Si](C)(Cc1ccccc1)CC1CCOC(C(Cl)(Cl)Cl)O1. The molecule has 0 saturated carbocycles. The van der Waals surface area contributed by atoms with Gasteiger partial charge >= 0.3 is 0 Å². The Hall–Kier alpha value is 0.227. The van der Waals surface area contributed by atoms with Crippen LogP contribution in [-0.4, -0.2) is 30.9 Å². The van der Waals surface area contributed by atoms with Gasteiger partial charge in [-0.3, -0.25) is 0 Å². The van der Waals surface area contributed by atoms with Crippen molar-refractivity contribution in [3.05, 3.63) is 35.9 Å². The van der Waals surface area contributed by atoms with Crippen LogP contribution in [0.15, 0.2) is 30.3 Å². The minimum Gasteiger partial charge on any atom is -0.348 e. The fourth-order valence-electron chi connectivity index (χ4n) is 2.75. The van der Waals surface area contributed by atoms with Crippen LogP contribution in [0.3, 0.4) is 0 Å². The number of halogens is 3. The molecule has 1 aromatic carbocycles. The van der Waals surface area contributed by atoms with Gasteiger partial charge in [-0.05, 0) is 18.5 Å². The molecule has 1 saturated heterocycles. The Balaban J connectivity index is 1.93. The topological polar surface area (TPSA) is 18.5 Å². The van der Waals surface area contributed by atoms with Crippen LogP contribution in [0.1, 0.15) is 12.0 Å². The molecule has 2 atom stereocenters. The van der Waals surface area contributed by atoms with Gasteiger partial charge in [0, 0.05) is 0 Å². The van der Waals surface area contributed by atoms with Crippen molar-refractivity contribution < 1.29 is 9.47 Å². The summed E-state index contributed by atoms with van der Waals surface area (Å²) in [5.41, 5.74) is 1.39. The van der Waals surface area contributed by atoms with Crippen molar-refractivity contribution in [1.82, 2.24) is 0 Å². The Morgan fingerprint density at radius 2 is 1.86 bits per heavy atom. The number of rotatable bonds is 4. The van der Waals surface area contributed by atoms with Crippen LogP contribution in [0.25, 0.3) is 0 Å². The van der Waals surface area contributed by atoms with Crippen molar-refractivity contribution in [2.75, 3.05) is 6.61 Å². The average Bonchev–Trinajstić information content (AvgIpc) is 2.38. The molecule has 2 unspecified atom stereocenters. The van der Waals surface area contributed by atoms with E-state index in [9.17, 15) is 0 Å². The standard InChI is InChI=1S/C15H21Cl3O2Si/c1-21(2,10-12-6-4-3-5-7-12)11-13-8-9-19-14(20-13)15(16,17)18/h3-7,13-14H,8-11H2,1-2H3. The highest BCUT2D eigenvalue weighted by Crippen LogP contribution is 2.37. The van der Waals surface area contributed by atoms with Gasteiger partial charge in [0.25, 0.3) is 0 Å². The summed E-state index contributed by atoms with van der Waals surface area (Å²) in [4.78, 5) is 0. The smallest absolute Gasteiger partial charge is 0.240 e. The van der Waals surface area contributed by atoms with Crippen LogP contribution in [0.4, 0.5) is 0 Å². The summed E-state index contributed by atoms with van der Waals surface area (Å²) >= 11 is 17.6. The van der Waals surface area contributed by atoms with E-state index in [-0.39, 0.29) is 6.10 Å². The van der Waals surface area contributed by atoms with Crippen molar-refractivity contribution in [3.63, 3.8) is 0 Å². The van der Waals surface area contributed by atoms with E-state index < -0.39 is 18.2 Å². The third-order valence-electron chi connectivity index (χ3n) is 3.60. The van der Waals surface area contributed by atoms with E-state index in [2.05, 4.69) is 37.4 Å². The first-order valence-corrected chi connectivity index (χ1v) is 11.7. The summed E-state index contributed by atoms with van der Waals surface area (Å²) in [5.74, 6) is 0. The maximum atomic E-state index is 5.87. The molecule has 0 aromatic heterocycles. The molecule has 0 spiro atoms. The molecule has 1 aromatic rings. The summed E-state index contributed by atoms with van der Waals surface area (Å²) in [6.07, 6.45) is 0.218. The van der Waals surface area contributed by atoms with Crippen molar-refractivity contribution in [2.24, 2.45) is 0 Å². The highest BCUT2D eigenvalue weighted by Gasteiger charge is 2.40. The second-order valence-corrected chi connectivity index (χ2v) is 13.8. The summed E-state index contributed by atoms with van der Waals surface area (Å²) in [7, 11) is -1.43. The number of ether oxygens (including phenoxy) is 2. The zero-order chi connectivity index (χ0) is 15.5. The Bertz CT molecular complexity index is 448. The quantitative estimate of drug-likeness (QED) is 0.552. The van der Waals surface area contributed by atoms with E-state index in [1.807, 2.05) is 6.07 Å². The number of benzene rings is 1. The average molecular weight is 368 g/mol. The highest BCUT2D eigenvalue weighted by atomic mass is 35.6. The van der Waals surface area contributed by atoms with Crippen LogP contribution in [0, 0.1) is 0 Å². The fourth-order valence-corrected chi connectivity index (χ4v) is 6.11. The van der Waals surface area contributed by atoms with Crippen LogP contribution in [0.2, 0.25) is 19.1 Å². The first kappa shape index (κ1) is 17.6. The van der Waals surface area contributed by atoms with E-state index in [1.54, 1.807) is 0 Å². The number of alkyl halides is 3. The Labute approximate surface area is 142 Å². The van der Waals surface area contributed by atoms with Crippen molar-refractivity contribution in [2.45, 2.75) is 47.8 Å². The van der Waals surface area contributed by atoms with E-state index in [0.717, 1.165) is 18.5 Å². The van der Waals surface area contributed by atoms with Crippen LogP contribution in [0.5, 0.6) is 0 Å². The zero-order valence-corrected chi connectivity index (χ0v) is 15.6. The molecule has 0 N–H and O–H groups in total. The minimum absolute atomic E-state index is 0.116. The first-order chi connectivity index (χ1) is 9.76. The van der Waals surface area contributed by atoms with E-state index >= 15 is 0 Å². The maximum absolute atomic E-state index is 5.87. The lowest BCUT2D eigenvalue weighted by atomic mass is 10.2. The van der Waals surface area contributed by atoms with Gasteiger partial charge in [-0.1, -0.05) is 83.8 Å². The molecular weight excluding hydrogens is 347 g/mol. The van der Waals surface area contributed by atoms with E-state index in [1.165, 1.54) is 5.56 Å². The Morgan fingerprint density at radius 1 is 1.19 bits per heavy atom. The van der Waals surface area contributed by atoms with E-state index in [0.29, 0.717) is 6.61 Å². The molecule has 0 bridgehead atoms. The molecule has 1 aliphatic heterocycles. The lowest BCUT2D eigenvalue weighted by molar-refractivity contribution is -0.204. The molecule has 2 nitrogen and oxygen atoms in total. The van der Waals surface area contributed by atoms with Crippen molar-refractivity contribution in [3.8, 4) is 0 Å². The molecule has 1 fully saturated rings. The van der Waals surface area contributed by atoms with Gasteiger partial charge in [-0.25, -0.2) is 0 Å². The second kappa shape index (κ2) is 7.20. The van der Waals surface area contributed by atoms with Gasteiger partial charge in [-0.2, -0.15) is 0 Å². The van der Waals surface area contributed by atoms with Crippen LogP contribution >= 0.6 is 34.8 Å². The third kappa shape index (κ3) is 5.74. The second-order valence-electron chi connectivity index (χ2n) is 6.32. The summed E-state index contributed by atoms with van der Waals surface area (Å²) < 4.78 is 9.72. The molecule has 0 radical (unpaired) electrons. The normalized spacial score (nSPS) is 24.0. The molecule has 2 rings (SSSR count). The molecule has 118 valence electrons. The van der Waals surface area contributed by atoms with Crippen LogP contribution < -0.4 is 0 Å². The Morgan fingerprint density at radius 3 is 2.48 bits per heavy atom. The molecule has 1 aliphatic rings. The number of hydrogen-bond donors (Lipinski definition) is 0. The molecule has 0 aliphatic carbocycles. The highest BCUT2D eigenvalue weighted by molar-refractivity contribution is 6.77. The lowest BCUT2D eigenvalue weighted by Crippen LogP contribution is -2.44. The predicted molar refractivity (Wildman–Crippen MR) is 92.0 cm³/mol. The summed E-state index contributed by atoms with van der Waals surface area (Å²) in [5, 5.41) is 0. The third-order valence-corrected chi connectivity index (χ3v) is 7.06. The van der Waals surface area contributed by atoms with Gasteiger partial charge in [0.1, 0.15) is 0 Å². The first-order valence-electron chi connectivity index (χ1n) is 7.14. The monoisotopic (exact) mass is 366 g/mol. The van der Waals surface area contributed by atoms with Gasteiger partial charge in [0.2, 0.25) is 10.1 Å². The summed E-state index contributed by atoms with van der Waals surface area (Å²) in [6.45, 7) is 5.34. The van der Waals surface area contributed by atoms with Crippen LogP contribution in [-0.2, 0) is 15.5 Å². The zero-order valence-electron chi connectivity index (χ0n) is 12.3. The minimum atomic E-state index is -1.52. The van der Waals surface area contributed by atoms with Gasteiger partial charge in [-0.15, -0.1) is 0 Å². The molecule has 21 heavy (non-hydrogen) atoms. The maximum Gasteiger partial charge on any atom is 0.240 e. The molecule has 6 heteroatoms. The predicted octanol–water partition coefficient (Wildman–Crippen LogP) is 4.98. The summed E-state index contributed by atoms with van der Waals surface area (Å²) in [6, 6.07) is 12.8. The van der Waals surface area contributed by atoms with Crippen molar-refractivity contribution >= 4 is 42.9 Å². The molecule has 0 amide bonds. The lowest BCUT2D eigenvalue weighted by Gasteiger charge is -2.37. The van der Waals surface area contributed by atoms with Gasteiger partial charge in [0.05, 0.1) is 20.8 Å². The van der Waals surface area contributed by atoms with Gasteiger partial charge in [0.15, 0.2) is 0 Å². The molecule has 1 heterocycles. The molecular formula is C15H21Cl3O2Si. The van der Waals surface area contributed by atoms with Gasteiger partial charge < -0.3 is 9.47 Å². The largest absolute Gasteiger partial charge is 0.348 e.